The van der Waals surface area contributed by atoms with Crippen LogP contribution in [0.15, 0.2) is 23.4 Å². The van der Waals surface area contributed by atoms with Crippen LogP contribution in [0.5, 0.6) is 11.5 Å². The van der Waals surface area contributed by atoms with Crippen LogP contribution in [-0.4, -0.2) is 58.5 Å². The number of ketones is 1. The molecule has 0 aromatic heterocycles. The molecular weight excluding hydrogens is 382 g/mol. The van der Waals surface area contributed by atoms with Crippen LogP contribution in [-0.2, 0) is 23.8 Å². The van der Waals surface area contributed by atoms with E-state index in [1.165, 1.54) is 19.1 Å². The van der Waals surface area contributed by atoms with Crippen LogP contribution < -0.4 is 14.4 Å². The molecule has 29 heavy (non-hydrogen) atoms. The maximum Gasteiger partial charge on any atom is 0.355 e. The highest BCUT2D eigenvalue weighted by Crippen LogP contribution is 2.40. The Balaban J connectivity index is 2.19. The second-order valence-corrected chi connectivity index (χ2v) is 6.40. The van der Waals surface area contributed by atoms with Gasteiger partial charge in [0, 0.05) is 18.1 Å². The second kappa shape index (κ2) is 8.95. The molecule has 0 bridgehead atoms. The van der Waals surface area contributed by atoms with E-state index in [0.29, 0.717) is 48.8 Å². The van der Waals surface area contributed by atoms with Crippen molar-refractivity contribution in [2.24, 2.45) is 0 Å². The Hall–Kier alpha value is -3.07. The largest absolute Gasteiger partial charge is 0.486 e. The van der Waals surface area contributed by atoms with Crippen molar-refractivity contribution in [2.75, 3.05) is 45.7 Å². The summed E-state index contributed by atoms with van der Waals surface area (Å²) < 4.78 is 26.4. The van der Waals surface area contributed by atoms with E-state index in [0.717, 1.165) is 0 Å². The van der Waals surface area contributed by atoms with E-state index < -0.39 is 11.9 Å². The van der Waals surface area contributed by atoms with E-state index in [1.54, 1.807) is 12.1 Å². The monoisotopic (exact) mass is 405 g/mol. The Labute approximate surface area is 168 Å². The number of rotatable bonds is 6. The van der Waals surface area contributed by atoms with Gasteiger partial charge in [0.05, 0.1) is 32.1 Å². The van der Waals surface area contributed by atoms with Crippen molar-refractivity contribution >= 4 is 23.4 Å². The number of carbonyl (C=O) groups is 3. The molecule has 0 spiro atoms. The van der Waals surface area contributed by atoms with E-state index in [-0.39, 0.29) is 30.4 Å². The summed E-state index contributed by atoms with van der Waals surface area (Å²) in [4.78, 5) is 39.0. The molecule has 0 unspecified atom stereocenters. The Morgan fingerprint density at radius 3 is 2.31 bits per heavy atom. The average molecular weight is 405 g/mol. The number of methoxy groups -OCH3 is 2. The normalized spacial score (nSPS) is 15.8. The van der Waals surface area contributed by atoms with Gasteiger partial charge in [-0.1, -0.05) is 6.92 Å². The quantitative estimate of drug-likeness (QED) is 0.518. The molecule has 9 heteroatoms. The predicted octanol–water partition coefficient (Wildman–Crippen LogP) is 1.83. The zero-order valence-corrected chi connectivity index (χ0v) is 16.6. The van der Waals surface area contributed by atoms with E-state index in [4.69, 9.17) is 23.7 Å². The van der Waals surface area contributed by atoms with Gasteiger partial charge >= 0.3 is 11.9 Å². The summed E-state index contributed by atoms with van der Waals surface area (Å²) >= 11 is 0. The maximum absolute atomic E-state index is 12.8. The van der Waals surface area contributed by atoms with Crippen LogP contribution in [0, 0.1) is 0 Å². The van der Waals surface area contributed by atoms with Gasteiger partial charge in [-0.05, 0) is 12.5 Å². The van der Waals surface area contributed by atoms with Crippen molar-refractivity contribution < 1.29 is 38.1 Å². The van der Waals surface area contributed by atoms with Crippen LogP contribution in [0.1, 0.15) is 30.1 Å². The van der Waals surface area contributed by atoms with Crippen LogP contribution in [0.3, 0.4) is 0 Å². The molecule has 1 aromatic carbocycles. The Morgan fingerprint density at radius 2 is 1.69 bits per heavy atom. The van der Waals surface area contributed by atoms with Crippen LogP contribution in [0.4, 0.5) is 5.69 Å². The van der Waals surface area contributed by atoms with Gasteiger partial charge in [-0.3, -0.25) is 4.79 Å². The first-order valence-corrected chi connectivity index (χ1v) is 9.23. The Bertz CT molecular complexity index is 860. The van der Waals surface area contributed by atoms with E-state index in [2.05, 4.69) is 0 Å². The van der Waals surface area contributed by atoms with Gasteiger partial charge in [0.2, 0.25) is 0 Å². The molecule has 0 atom stereocenters. The van der Waals surface area contributed by atoms with Gasteiger partial charge in [0.1, 0.15) is 25.6 Å². The van der Waals surface area contributed by atoms with Gasteiger partial charge in [-0.15, -0.1) is 0 Å². The fraction of sp³-hybridized carbons (Fsp3) is 0.450. The summed E-state index contributed by atoms with van der Waals surface area (Å²) in [6.45, 7) is 2.46. The average Bonchev–Trinajstić information content (AvgIpc) is 2.76. The molecule has 9 nitrogen and oxygen atoms in total. The molecule has 0 amide bonds. The number of hydrogen-bond donors (Lipinski definition) is 0. The number of ether oxygens (including phenoxy) is 5. The number of nitrogens with zero attached hydrogens (tertiary/aromatic N) is 1. The molecular formula is C20H23NO8. The minimum atomic E-state index is -0.738. The number of Topliss-reactive ketones (excluding diaryl/α,β-unsaturated/α-hetero) is 1. The third kappa shape index (κ3) is 4.04. The number of fused-ring (bicyclic) bond motifs is 1. The Morgan fingerprint density at radius 1 is 1.03 bits per heavy atom. The van der Waals surface area contributed by atoms with Gasteiger partial charge in [0.15, 0.2) is 17.3 Å². The van der Waals surface area contributed by atoms with E-state index in [9.17, 15) is 14.4 Å². The SMILES string of the molecule is CCCC(=O)c1cc2c(cc1N1COCC(C(=O)OC)=C1C(=O)OC)OCCO2. The highest BCUT2D eigenvalue weighted by Gasteiger charge is 2.35. The third-order valence-electron chi connectivity index (χ3n) is 4.56. The number of esters is 2. The molecule has 3 rings (SSSR count). The number of carbonyl (C=O) groups excluding carboxylic acids is 3. The summed E-state index contributed by atoms with van der Waals surface area (Å²) in [6.07, 6.45) is 0.957. The molecule has 0 fully saturated rings. The lowest BCUT2D eigenvalue weighted by atomic mass is 10.0. The molecule has 0 aliphatic carbocycles. The van der Waals surface area contributed by atoms with Gasteiger partial charge < -0.3 is 28.6 Å². The fourth-order valence-corrected chi connectivity index (χ4v) is 3.22. The van der Waals surface area contributed by atoms with Gasteiger partial charge in [0.25, 0.3) is 0 Å². The van der Waals surface area contributed by atoms with E-state index >= 15 is 0 Å². The molecule has 1 aromatic rings. The zero-order valence-electron chi connectivity index (χ0n) is 16.6. The van der Waals surface area contributed by atoms with Crippen molar-refractivity contribution in [1.82, 2.24) is 0 Å². The number of benzene rings is 1. The highest BCUT2D eigenvalue weighted by molar-refractivity contribution is 6.07. The predicted molar refractivity (Wildman–Crippen MR) is 101 cm³/mol. The number of anilines is 1. The van der Waals surface area contributed by atoms with E-state index in [1.807, 2.05) is 6.92 Å². The molecule has 0 radical (unpaired) electrons. The first kappa shape index (κ1) is 20.7. The minimum absolute atomic E-state index is 0.00868. The molecule has 2 aliphatic rings. The zero-order chi connectivity index (χ0) is 21.0. The smallest absolute Gasteiger partial charge is 0.355 e. The standard InChI is InChI=1S/C20H23NO8/c1-4-5-15(22)12-8-16-17(29-7-6-28-16)9-14(12)21-11-27-10-13(19(23)25-2)18(21)20(24)26-3/h8-9H,4-7,10-11H2,1-3H3. The molecule has 0 saturated heterocycles. The van der Waals surface area contributed by atoms with Gasteiger partial charge in [-0.25, -0.2) is 9.59 Å². The summed E-state index contributed by atoms with van der Waals surface area (Å²) in [7, 11) is 2.42. The summed E-state index contributed by atoms with van der Waals surface area (Å²) in [5.41, 5.74) is 0.684. The highest BCUT2D eigenvalue weighted by atomic mass is 16.6. The fourth-order valence-electron chi connectivity index (χ4n) is 3.22. The van der Waals surface area contributed by atoms with Gasteiger partial charge in [-0.2, -0.15) is 0 Å². The van der Waals surface area contributed by atoms with Crippen LogP contribution >= 0.6 is 0 Å². The second-order valence-electron chi connectivity index (χ2n) is 6.40. The summed E-state index contributed by atoms with van der Waals surface area (Å²) in [5.74, 6) is -0.691. The molecule has 156 valence electrons. The molecule has 2 aliphatic heterocycles. The summed E-state index contributed by atoms with van der Waals surface area (Å²) in [5, 5.41) is 0. The number of hydrogen-bond acceptors (Lipinski definition) is 9. The maximum atomic E-state index is 12.8. The molecule has 0 saturated carbocycles. The summed E-state index contributed by atoms with van der Waals surface area (Å²) in [6, 6.07) is 3.22. The topological polar surface area (TPSA) is 101 Å². The van der Waals surface area contributed by atoms with Crippen molar-refractivity contribution in [2.45, 2.75) is 19.8 Å². The van der Waals surface area contributed by atoms with Crippen molar-refractivity contribution in [3.63, 3.8) is 0 Å². The lowest BCUT2D eigenvalue weighted by Crippen LogP contribution is -2.39. The van der Waals surface area contributed by atoms with Crippen LogP contribution in [0.25, 0.3) is 0 Å². The first-order valence-electron chi connectivity index (χ1n) is 9.23. The van der Waals surface area contributed by atoms with Crippen molar-refractivity contribution in [3.05, 3.63) is 29.0 Å². The molecule has 0 N–H and O–H groups in total. The van der Waals surface area contributed by atoms with Crippen molar-refractivity contribution in [1.29, 1.82) is 0 Å². The lowest BCUT2D eigenvalue weighted by Gasteiger charge is -2.33. The molecule has 2 heterocycles. The minimum Gasteiger partial charge on any atom is -0.486 e. The van der Waals surface area contributed by atoms with Crippen LogP contribution in [0.2, 0.25) is 0 Å². The van der Waals surface area contributed by atoms with Crippen molar-refractivity contribution in [3.8, 4) is 11.5 Å². The first-order chi connectivity index (χ1) is 14.0. The Kier molecular flexibility index (Phi) is 6.38. The third-order valence-corrected chi connectivity index (χ3v) is 4.56. The lowest BCUT2D eigenvalue weighted by molar-refractivity contribution is -0.140.